The molecule has 13 fully saturated rings. The Labute approximate surface area is 914 Å². The summed E-state index contributed by atoms with van der Waals surface area (Å²) in [5, 5.41) is 76.2. The van der Waals surface area contributed by atoms with Crippen molar-refractivity contribution in [3.05, 3.63) is 191 Å². The molecule has 9 nitrogen and oxygen atoms in total. The first-order valence-electron chi connectivity index (χ1n) is 59.7. The average molecular weight is 2060 g/mol. The van der Waals surface area contributed by atoms with Gasteiger partial charge in [0.25, 0.3) is 0 Å². The minimum Gasteiger partial charge on any atom is -1.00 e. The zero-order valence-electron chi connectivity index (χ0n) is 94.5. The summed E-state index contributed by atoms with van der Waals surface area (Å²) >= 11 is 0.250. The maximum atomic E-state index is 11.0. The fraction of sp³-hybridized carbons (Fsp3) is 0.752. The van der Waals surface area contributed by atoms with E-state index in [1.54, 1.807) is 22.3 Å². The second kappa shape index (κ2) is 50.8. The van der Waals surface area contributed by atoms with E-state index in [0.29, 0.717) is 67.0 Å². The van der Waals surface area contributed by atoms with Crippen LogP contribution in [0.25, 0.3) is 0 Å². The third-order valence-electron chi connectivity index (χ3n) is 47.1. The predicted molar refractivity (Wildman–Crippen MR) is 601 cm³/mol. The minimum absolute atomic E-state index is 0. The fourth-order valence-electron chi connectivity index (χ4n) is 37.7. The van der Waals surface area contributed by atoms with Crippen LogP contribution in [0.3, 0.4) is 0 Å². The summed E-state index contributed by atoms with van der Waals surface area (Å²) < 4.78 is 15.2. The molecule has 1 heterocycles. The van der Waals surface area contributed by atoms with E-state index in [-0.39, 0.29) is 65.9 Å². The molecule has 1 saturated heterocycles. The van der Waals surface area contributed by atoms with Crippen LogP contribution in [-0.2, 0) is 9.53 Å². The Kier molecular flexibility index (Phi) is 41.6. The van der Waals surface area contributed by atoms with Crippen LogP contribution in [0.1, 0.15) is 441 Å². The zero-order valence-corrected chi connectivity index (χ0v) is 97.5. The summed E-state index contributed by atoms with van der Waals surface area (Å²) in [7, 11) is 0. The number of fused-ring (bicyclic) bond motifs is 20. The maximum Gasteiger partial charge on any atom is 2.00 e. The van der Waals surface area contributed by atoms with Crippen LogP contribution in [-0.4, -0.2) is 107 Å². The number of carbonyl (C=O) groups is 1. The molecule has 17 aliphatic rings. The van der Waals surface area contributed by atoms with Gasteiger partial charge >= 0.3 is 23.1 Å². The largest absolute Gasteiger partial charge is 2.00 e. The van der Waals surface area contributed by atoms with Gasteiger partial charge in [0.05, 0.1) is 40.7 Å². The van der Waals surface area contributed by atoms with Crippen LogP contribution in [0.4, 0.5) is 3.89 Å². The second-order valence-corrected chi connectivity index (χ2v) is 54.0. The van der Waals surface area contributed by atoms with E-state index in [2.05, 4.69) is 178 Å². The molecule has 4 aromatic carbocycles. The molecule has 16 aliphatic carbocycles. The van der Waals surface area contributed by atoms with E-state index in [1.807, 2.05) is 84.9 Å². The van der Waals surface area contributed by atoms with Crippen molar-refractivity contribution in [1.82, 2.24) is 0 Å². The first kappa shape index (κ1) is 120. The van der Waals surface area contributed by atoms with Gasteiger partial charge in [0, 0.05) is 38.0 Å². The van der Waals surface area contributed by atoms with Gasteiger partial charge in [-0.2, -0.15) is 40.3 Å². The third kappa shape index (κ3) is 25.0. The van der Waals surface area contributed by atoms with Crippen molar-refractivity contribution < 1.29 is 61.6 Å². The number of benzene rings is 4. The summed E-state index contributed by atoms with van der Waals surface area (Å²) in [6.45, 7) is 41.1. The molecule has 0 amide bonds. The normalized spacial score (nSPS) is 40.9. The molecule has 0 radical (unpaired) electrons. The Morgan fingerprint density at radius 1 is 0.356 bits per heavy atom. The van der Waals surface area contributed by atoms with E-state index < -0.39 is 22.4 Å². The number of allylic oxidation sites excluding steroid dienone is 4. The number of ether oxygens (including phenoxy) is 1. The number of rotatable bonds is 23. The molecule has 1 aliphatic heterocycles. The SMILES string of the molecule is C1CCOC1.CC[C@]1(O)CC[C@@]2(C)C(=CC[C@H]3[C@@H]4CC[C@H]([C@H](C)CCC(O)c5ccccc5)[C@@]4(C)CC[C@@H]32)C1.CC[C@]1(O)CC[C@@]2(C)C(=CC[C@H]3[C@@H]4CC[C@H]([C@H](C)CCC=O)[C@@]4(C)CC[C@@H]32)C1.CC[C@]1(O)CC[C@@]2(C)C(=CC[C@H]3[C@@H]4CC[C@H]([C@H](C)CC[C@@H](O)c5ccccc5)[C@@]4(C)CC[C@@H]32)C1.CC[C@]1(O)CC[C@@]2(C)C(=CC[C@H]3[C@@H]4CC[C@H]([C@H](C)CC[C@H](O)c5ccccc5)[C@@]4(C)CC[C@@H]32)C1.CSF.[Cl-].[Mg+2].[c-]1ccccc1. The Balaban J connectivity index is 0.000000155. The Morgan fingerprint density at radius 3 is 0.801 bits per heavy atom. The minimum atomic E-state index is -0.459. The zero-order chi connectivity index (χ0) is 103. The number of aliphatic hydroxyl groups is 7. The molecule has 0 spiro atoms. The van der Waals surface area contributed by atoms with E-state index >= 15 is 0 Å². The summed E-state index contributed by atoms with van der Waals surface area (Å²) in [6.07, 6.45) is 64.9. The van der Waals surface area contributed by atoms with Gasteiger partial charge in [-0.3, -0.25) is 0 Å². The number of aliphatic hydroxyl groups excluding tert-OH is 3. The summed E-state index contributed by atoms with van der Waals surface area (Å²) in [6, 6.07) is 43.1. The first-order valence-corrected chi connectivity index (χ1v) is 60.9. The third-order valence-corrected chi connectivity index (χ3v) is 47.1. The smallest absolute Gasteiger partial charge is 1.00 e. The number of halogens is 2. The Bertz CT molecular complexity index is 4450. The van der Waals surface area contributed by atoms with Crippen molar-refractivity contribution in [2.45, 2.75) is 447 Å². The number of hydrogen-bond donors (Lipinski definition) is 7. The summed E-state index contributed by atoms with van der Waals surface area (Å²) in [5.41, 5.74) is 10.8. The molecule has 1 unspecified atom stereocenters. The van der Waals surface area contributed by atoms with Crippen LogP contribution >= 0.6 is 12.1 Å². The monoisotopic (exact) mass is 2050 g/mol. The molecular formula is C133H202ClFMgO9S. The molecule has 810 valence electrons. The van der Waals surface area contributed by atoms with E-state index in [4.69, 9.17) is 4.74 Å². The van der Waals surface area contributed by atoms with Gasteiger partial charge in [-0.05, 0) is 467 Å². The molecule has 35 atom stereocenters. The molecule has 0 aromatic heterocycles. The molecule has 7 N–H and O–H groups in total. The van der Waals surface area contributed by atoms with Gasteiger partial charge < -0.3 is 57.7 Å². The Morgan fingerprint density at radius 2 is 0.596 bits per heavy atom. The van der Waals surface area contributed by atoms with Crippen molar-refractivity contribution in [3.63, 3.8) is 0 Å². The van der Waals surface area contributed by atoms with Crippen molar-refractivity contribution in [2.75, 3.05) is 19.5 Å². The van der Waals surface area contributed by atoms with Gasteiger partial charge in [-0.25, -0.2) is 0 Å². The number of aldehydes is 1. The van der Waals surface area contributed by atoms with Gasteiger partial charge in [0.2, 0.25) is 0 Å². The van der Waals surface area contributed by atoms with E-state index in [9.17, 15) is 44.4 Å². The van der Waals surface area contributed by atoms with Gasteiger partial charge in [0.1, 0.15) is 6.29 Å². The summed E-state index contributed by atoms with van der Waals surface area (Å²) in [4.78, 5) is 10.9. The summed E-state index contributed by atoms with van der Waals surface area (Å²) in [5.74, 6) is 15.8. The van der Waals surface area contributed by atoms with E-state index in [1.165, 1.54) is 173 Å². The Hall–Kier alpha value is -3.47. The molecule has 4 aromatic rings. The van der Waals surface area contributed by atoms with E-state index in [0.717, 1.165) is 259 Å². The number of hydrogen-bond acceptors (Lipinski definition) is 10. The molecule has 21 rings (SSSR count). The fourth-order valence-corrected chi connectivity index (χ4v) is 37.7. The predicted octanol–water partition coefficient (Wildman–Crippen LogP) is 30.0. The maximum absolute atomic E-state index is 11.0. The van der Waals surface area contributed by atoms with Crippen LogP contribution in [0.15, 0.2) is 168 Å². The van der Waals surface area contributed by atoms with Crippen molar-refractivity contribution >= 4 is 41.5 Å². The van der Waals surface area contributed by atoms with Gasteiger partial charge in [-0.15, -0.1) is 0 Å². The standard InChI is InChI=1S/3C32H48O2.C26H42O2.C6H5.C4H8O.CH3FS.ClH.Mg/c3*1-5-32(34)20-19-30(3)24(21-32)12-13-25-27-15-14-26(31(27,4)18-17-28(25)30)22(2)11-16-29(33)23-9-7-6-8-10-23;1-5-26(28)15-14-24(3)19(17-26)8-9-20-22-11-10-21(18(2)7-6-16-27)25(22,4)13-12-23(20)24;1-2-4-6-5-3-1;1-2-4-5-3-1;1-3-2;;/h3*6-10,12,22,25-29,33-34H,5,11,13-21H2,1-4H3;8,16,18,20-23,28H,5-7,9-15,17H2,1-4H3;1-5H;1-4H2;1H3;1H;/q;;;;-1;;;;+2/p-1/t22-,25+,26-,27+,28+,29?,30+,31-,32+;22-,25+,26-,27+,28+,29+,30+,31-,32+;22-,25+,26-,27+,28+,29-,30+,31-,32+;18-,20+,21-,22+,23+,24+,25-,26+;;;;;/m1111...../s1. The molecule has 0 bridgehead atoms. The van der Waals surface area contributed by atoms with Crippen molar-refractivity contribution in [1.29, 1.82) is 0 Å². The second-order valence-electron chi connectivity index (χ2n) is 53.7. The first-order chi connectivity index (χ1) is 68.8. The molecule has 13 heteroatoms. The molecular weight excluding hydrogens is 1850 g/mol. The van der Waals surface area contributed by atoms with Gasteiger partial charge in [0.15, 0.2) is 0 Å². The van der Waals surface area contributed by atoms with Gasteiger partial charge in [-0.1, -0.05) is 248 Å². The van der Waals surface area contributed by atoms with Crippen molar-refractivity contribution in [2.24, 2.45) is 162 Å². The quantitative estimate of drug-likeness (QED) is 0.0164. The molecule has 12 saturated carbocycles. The topological polar surface area (TPSA) is 168 Å². The average Bonchev–Trinajstić information content (AvgIpc) is 1.49. The number of carbonyl (C=O) groups excluding carboxylic acids is 1. The van der Waals surface area contributed by atoms with Crippen LogP contribution in [0, 0.1) is 168 Å². The van der Waals surface area contributed by atoms with Crippen molar-refractivity contribution in [3.8, 4) is 0 Å². The van der Waals surface area contributed by atoms with Crippen LogP contribution < -0.4 is 12.4 Å². The van der Waals surface area contributed by atoms with Crippen LogP contribution in [0.2, 0.25) is 0 Å². The molecule has 146 heavy (non-hydrogen) atoms. The van der Waals surface area contributed by atoms with Crippen LogP contribution in [0.5, 0.6) is 0 Å².